The average molecular weight is 289 g/mol. The van der Waals surface area contributed by atoms with Crippen molar-refractivity contribution >= 4 is 11.6 Å². The first-order chi connectivity index (χ1) is 10.1. The van der Waals surface area contributed by atoms with Crippen LogP contribution in [0.4, 0.5) is 11.6 Å². The highest BCUT2D eigenvalue weighted by Gasteiger charge is 2.06. The molecular weight excluding hydrogens is 266 g/mol. The van der Waals surface area contributed by atoms with Crippen LogP contribution in [0.5, 0.6) is 5.75 Å². The Morgan fingerprint density at radius 2 is 1.95 bits per heavy atom. The monoisotopic (exact) mass is 289 g/mol. The number of ether oxygens (including phenoxy) is 2. The standard InChI is InChI=1S/C16H23N3O2/c1-12(2)21-15-7-5-14(6-8-15)18-16-17-13(3)11-19(16)9-10-20-4/h5-8,11-12H,9-10H2,1-4H3,(H,17,18). The van der Waals surface area contributed by atoms with Gasteiger partial charge in [0.1, 0.15) is 5.75 Å². The van der Waals surface area contributed by atoms with Gasteiger partial charge in [-0.05, 0) is 45.0 Å². The Morgan fingerprint density at radius 3 is 2.57 bits per heavy atom. The lowest BCUT2D eigenvalue weighted by molar-refractivity contribution is 0.188. The van der Waals surface area contributed by atoms with Gasteiger partial charge in [0.05, 0.1) is 18.4 Å². The number of imidazole rings is 1. The maximum Gasteiger partial charge on any atom is 0.207 e. The van der Waals surface area contributed by atoms with Crippen molar-refractivity contribution in [2.24, 2.45) is 0 Å². The van der Waals surface area contributed by atoms with E-state index in [0.717, 1.165) is 29.6 Å². The van der Waals surface area contributed by atoms with Gasteiger partial charge < -0.3 is 19.4 Å². The molecule has 5 nitrogen and oxygen atoms in total. The first kappa shape index (κ1) is 15.4. The van der Waals surface area contributed by atoms with Gasteiger partial charge in [0.15, 0.2) is 0 Å². The van der Waals surface area contributed by atoms with Crippen molar-refractivity contribution in [2.75, 3.05) is 19.0 Å². The number of methoxy groups -OCH3 is 1. The van der Waals surface area contributed by atoms with Crippen molar-refractivity contribution < 1.29 is 9.47 Å². The molecule has 0 fully saturated rings. The van der Waals surface area contributed by atoms with Crippen LogP contribution >= 0.6 is 0 Å². The number of benzene rings is 1. The molecule has 21 heavy (non-hydrogen) atoms. The minimum Gasteiger partial charge on any atom is -0.491 e. The molecule has 1 aromatic heterocycles. The van der Waals surface area contributed by atoms with Gasteiger partial charge in [0.2, 0.25) is 5.95 Å². The lowest BCUT2D eigenvalue weighted by Crippen LogP contribution is -2.07. The fourth-order valence-electron chi connectivity index (χ4n) is 2.02. The molecule has 114 valence electrons. The summed E-state index contributed by atoms with van der Waals surface area (Å²) in [6, 6.07) is 7.89. The van der Waals surface area contributed by atoms with E-state index in [2.05, 4.69) is 14.9 Å². The van der Waals surface area contributed by atoms with Gasteiger partial charge in [0, 0.05) is 25.5 Å². The molecule has 0 unspecified atom stereocenters. The molecule has 0 spiro atoms. The molecule has 2 rings (SSSR count). The molecule has 0 radical (unpaired) electrons. The minimum atomic E-state index is 0.180. The summed E-state index contributed by atoms with van der Waals surface area (Å²) in [6.45, 7) is 7.44. The Labute approximate surface area is 125 Å². The molecule has 1 aromatic carbocycles. The van der Waals surface area contributed by atoms with Crippen LogP contribution < -0.4 is 10.1 Å². The number of aryl methyl sites for hydroxylation is 1. The van der Waals surface area contributed by atoms with Gasteiger partial charge in [-0.25, -0.2) is 4.98 Å². The predicted molar refractivity (Wildman–Crippen MR) is 84.3 cm³/mol. The van der Waals surface area contributed by atoms with Crippen LogP contribution in [0.2, 0.25) is 0 Å². The quantitative estimate of drug-likeness (QED) is 0.849. The Bertz CT molecular complexity index is 561. The molecule has 0 aliphatic heterocycles. The van der Waals surface area contributed by atoms with Crippen LogP contribution in [0.15, 0.2) is 30.5 Å². The highest BCUT2D eigenvalue weighted by atomic mass is 16.5. The van der Waals surface area contributed by atoms with Crippen LogP contribution in [0.1, 0.15) is 19.5 Å². The lowest BCUT2D eigenvalue weighted by atomic mass is 10.3. The van der Waals surface area contributed by atoms with E-state index >= 15 is 0 Å². The smallest absolute Gasteiger partial charge is 0.207 e. The van der Waals surface area contributed by atoms with Crippen molar-refractivity contribution in [3.63, 3.8) is 0 Å². The molecular formula is C16H23N3O2. The maximum absolute atomic E-state index is 5.64. The SMILES string of the molecule is COCCn1cc(C)nc1Nc1ccc(OC(C)C)cc1. The second kappa shape index (κ2) is 7.13. The third-order valence-electron chi connectivity index (χ3n) is 2.92. The summed E-state index contributed by atoms with van der Waals surface area (Å²) in [5.74, 6) is 1.69. The van der Waals surface area contributed by atoms with Gasteiger partial charge in [-0.15, -0.1) is 0 Å². The number of hydrogen-bond donors (Lipinski definition) is 1. The van der Waals surface area contributed by atoms with Gasteiger partial charge in [-0.1, -0.05) is 0 Å². The summed E-state index contributed by atoms with van der Waals surface area (Å²) in [5.41, 5.74) is 1.96. The maximum atomic E-state index is 5.64. The molecule has 5 heteroatoms. The highest BCUT2D eigenvalue weighted by Crippen LogP contribution is 2.20. The van der Waals surface area contributed by atoms with Crippen LogP contribution in [0.25, 0.3) is 0 Å². The van der Waals surface area contributed by atoms with Crippen LogP contribution in [-0.2, 0) is 11.3 Å². The van der Waals surface area contributed by atoms with Crippen molar-refractivity contribution in [3.05, 3.63) is 36.2 Å². The second-order valence-corrected chi connectivity index (χ2v) is 5.21. The first-order valence-corrected chi connectivity index (χ1v) is 7.15. The fraction of sp³-hybridized carbons (Fsp3) is 0.438. The van der Waals surface area contributed by atoms with Crippen LogP contribution in [-0.4, -0.2) is 29.4 Å². The summed E-state index contributed by atoms with van der Waals surface area (Å²) in [5, 5.41) is 3.32. The lowest BCUT2D eigenvalue weighted by Gasteiger charge is -2.12. The molecule has 0 aliphatic carbocycles. The summed E-state index contributed by atoms with van der Waals surface area (Å²) in [4.78, 5) is 4.49. The molecule has 1 N–H and O–H groups in total. The summed E-state index contributed by atoms with van der Waals surface area (Å²) >= 11 is 0. The number of nitrogens with zero attached hydrogens (tertiary/aromatic N) is 2. The van der Waals surface area contributed by atoms with E-state index < -0.39 is 0 Å². The van der Waals surface area contributed by atoms with Crippen molar-refractivity contribution in [3.8, 4) is 5.75 Å². The highest BCUT2D eigenvalue weighted by molar-refractivity contribution is 5.55. The van der Waals surface area contributed by atoms with Crippen molar-refractivity contribution in [1.29, 1.82) is 0 Å². The molecule has 0 aliphatic rings. The molecule has 0 amide bonds. The van der Waals surface area contributed by atoms with Gasteiger partial charge in [0.25, 0.3) is 0 Å². The molecule has 0 saturated carbocycles. The van der Waals surface area contributed by atoms with E-state index in [9.17, 15) is 0 Å². The summed E-state index contributed by atoms with van der Waals surface area (Å²) in [6.07, 6.45) is 2.19. The number of aromatic nitrogens is 2. The first-order valence-electron chi connectivity index (χ1n) is 7.15. The number of hydrogen-bond acceptors (Lipinski definition) is 4. The summed E-state index contributed by atoms with van der Waals surface area (Å²) < 4.78 is 12.8. The number of anilines is 2. The Kier molecular flexibility index (Phi) is 5.22. The molecule has 2 aromatic rings. The van der Waals surface area contributed by atoms with Crippen molar-refractivity contribution in [1.82, 2.24) is 9.55 Å². The largest absolute Gasteiger partial charge is 0.491 e. The third kappa shape index (κ3) is 4.49. The van der Waals surface area contributed by atoms with Gasteiger partial charge in [-0.3, -0.25) is 0 Å². The molecule has 0 bridgehead atoms. The van der Waals surface area contributed by atoms with E-state index in [1.54, 1.807) is 7.11 Å². The van der Waals surface area contributed by atoms with E-state index in [-0.39, 0.29) is 6.10 Å². The molecule has 0 saturated heterocycles. The Hall–Kier alpha value is -2.01. The van der Waals surface area contributed by atoms with Crippen LogP contribution in [0.3, 0.4) is 0 Å². The number of rotatable bonds is 7. The zero-order valence-corrected chi connectivity index (χ0v) is 13.1. The Balaban J connectivity index is 2.07. The van der Waals surface area contributed by atoms with Crippen LogP contribution in [0, 0.1) is 6.92 Å². The molecule has 1 heterocycles. The third-order valence-corrected chi connectivity index (χ3v) is 2.92. The zero-order valence-electron chi connectivity index (χ0n) is 13.1. The van der Waals surface area contributed by atoms with Gasteiger partial charge in [-0.2, -0.15) is 0 Å². The van der Waals surface area contributed by atoms with Gasteiger partial charge >= 0.3 is 0 Å². The van der Waals surface area contributed by atoms with E-state index in [4.69, 9.17) is 9.47 Å². The summed E-state index contributed by atoms with van der Waals surface area (Å²) in [7, 11) is 1.70. The normalized spacial score (nSPS) is 10.9. The number of nitrogens with one attached hydrogen (secondary N) is 1. The van der Waals surface area contributed by atoms with E-state index in [1.807, 2.05) is 51.2 Å². The molecule has 0 atom stereocenters. The van der Waals surface area contributed by atoms with E-state index in [0.29, 0.717) is 6.61 Å². The zero-order chi connectivity index (χ0) is 15.2. The van der Waals surface area contributed by atoms with E-state index in [1.165, 1.54) is 0 Å². The average Bonchev–Trinajstić information content (AvgIpc) is 2.78. The second-order valence-electron chi connectivity index (χ2n) is 5.21. The minimum absolute atomic E-state index is 0.180. The Morgan fingerprint density at radius 1 is 1.24 bits per heavy atom. The van der Waals surface area contributed by atoms with Crippen molar-refractivity contribution in [2.45, 2.75) is 33.4 Å². The topological polar surface area (TPSA) is 48.3 Å². The predicted octanol–water partition coefficient (Wildman–Crippen LogP) is 3.37. The fourth-order valence-corrected chi connectivity index (χ4v) is 2.02.